The molecule has 1 aliphatic rings. The van der Waals surface area contributed by atoms with Crippen molar-refractivity contribution in [1.82, 2.24) is 19.9 Å². The zero-order valence-electron chi connectivity index (χ0n) is 16.2. The van der Waals surface area contributed by atoms with Crippen LogP contribution >= 0.6 is 0 Å². The molecule has 0 saturated carbocycles. The van der Waals surface area contributed by atoms with Crippen LogP contribution in [0.4, 0.5) is 17.5 Å². The highest BCUT2D eigenvalue weighted by atomic mass is 16.5. The van der Waals surface area contributed by atoms with E-state index in [2.05, 4.69) is 25.2 Å². The lowest BCUT2D eigenvalue weighted by atomic mass is 10.1. The first-order valence-corrected chi connectivity index (χ1v) is 9.41. The van der Waals surface area contributed by atoms with Gasteiger partial charge in [0.25, 0.3) is 5.91 Å². The van der Waals surface area contributed by atoms with E-state index >= 15 is 0 Å². The molecule has 1 fully saturated rings. The predicted molar refractivity (Wildman–Crippen MR) is 111 cm³/mol. The maximum atomic E-state index is 12.8. The second-order valence-corrected chi connectivity index (χ2v) is 6.61. The lowest BCUT2D eigenvalue weighted by Gasteiger charge is -2.35. The lowest BCUT2D eigenvalue weighted by Crippen LogP contribution is -2.49. The summed E-state index contributed by atoms with van der Waals surface area (Å²) >= 11 is 0. The number of nitrogens with one attached hydrogen (secondary N) is 1. The number of rotatable bonds is 5. The summed E-state index contributed by atoms with van der Waals surface area (Å²) in [4.78, 5) is 29.7. The van der Waals surface area contributed by atoms with Crippen LogP contribution < -0.4 is 15.0 Å². The fourth-order valence-electron chi connectivity index (χ4n) is 3.23. The topological polar surface area (TPSA) is 83.5 Å². The van der Waals surface area contributed by atoms with E-state index in [9.17, 15) is 4.79 Å². The summed E-state index contributed by atoms with van der Waals surface area (Å²) in [5.41, 5.74) is 0.640. The minimum Gasteiger partial charge on any atom is -0.497 e. The van der Waals surface area contributed by atoms with E-state index in [4.69, 9.17) is 4.74 Å². The van der Waals surface area contributed by atoms with Crippen LogP contribution in [0.2, 0.25) is 0 Å². The Morgan fingerprint density at radius 3 is 2.59 bits per heavy atom. The molecule has 0 spiro atoms. The molecule has 148 valence electrons. The molecule has 0 unspecified atom stereocenters. The number of carbonyl (C=O) groups excluding carboxylic acids is 1. The SMILES string of the molecule is COc1cccc(C(=O)N2CCN(c3cc(Nc4ccccn4)ncn3)CC2)c1. The van der Waals surface area contributed by atoms with Crippen LogP contribution in [-0.2, 0) is 0 Å². The van der Waals surface area contributed by atoms with Crippen LogP contribution in [0, 0.1) is 0 Å². The van der Waals surface area contributed by atoms with Crippen molar-refractivity contribution in [2.24, 2.45) is 0 Å². The number of hydrogen-bond acceptors (Lipinski definition) is 7. The molecule has 3 heterocycles. The summed E-state index contributed by atoms with van der Waals surface area (Å²) in [6, 6.07) is 14.8. The maximum Gasteiger partial charge on any atom is 0.254 e. The monoisotopic (exact) mass is 390 g/mol. The highest BCUT2D eigenvalue weighted by Crippen LogP contribution is 2.20. The van der Waals surface area contributed by atoms with E-state index in [1.807, 2.05) is 47.4 Å². The zero-order valence-corrected chi connectivity index (χ0v) is 16.2. The Bertz CT molecular complexity index is 974. The van der Waals surface area contributed by atoms with Crippen molar-refractivity contribution in [2.45, 2.75) is 0 Å². The maximum absolute atomic E-state index is 12.8. The van der Waals surface area contributed by atoms with Gasteiger partial charge in [-0.3, -0.25) is 4.79 Å². The highest BCUT2D eigenvalue weighted by Gasteiger charge is 2.23. The molecule has 0 radical (unpaired) electrons. The number of ether oxygens (including phenoxy) is 1. The van der Waals surface area contributed by atoms with Gasteiger partial charge in [0.1, 0.15) is 29.5 Å². The molecule has 1 amide bonds. The van der Waals surface area contributed by atoms with Gasteiger partial charge in [0, 0.05) is 44.0 Å². The molecule has 0 bridgehead atoms. The molecule has 1 aliphatic heterocycles. The Kier molecular flexibility index (Phi) is 5.51. The van der Waals surface area contributed by atoms with E-state index in [1.165, 1.54) is 6.33 Å². The summed E-state index contributed by atoms with van der Waals surface area (Å²) in [5, 5.41) is 3.18. The van der Waals surface area contributed by atoms with Crippen LogP contribution in [-0.4, -0.2) is 59.0 Å². The Labute approximate surface area is 169 Å². The summed E-state index contributed by atoms with van der Waals surface area (Å²) in [7, 11) is 1.60. The van der Waals surface area contributed by atoms with Crippen molar-refractivity contribution in [3.8, 4) is 5.75 Å². The number of pyridine rings is 1. The Morgan fingerprint density at radius 1 is 0.966 bits per heavy atom. The summed E-state index contributed by atoms with van der Waals surface area (Å²) < 4.78 is 5.22. The van der Waals surface area contributed by atoms with Gasteiger partial charge in [0.15, 0.2) is 0 Å². The summed E-state index contributed by atoms with van der Waals surface area (Å²) in [5.74, 6) is 2.94. The second-order valence-electron chi connectivity index (χ2n) is 6.61. The van der Waals surface area contributed by atoms with Gasteiger partial charge in [-0.1, -0.05) is 12.1 Å². The van der Waals surface area contributed by atoms with E-state index < -0.39 is 0 Å². The first kappa shape index (κ1) is 18.7. The smallest absolute Gasteiger partial charge is 0.254 e. The molecule has 2 aromatic heterocycles. The van der Waals surface area contributed by atoms with Gasteiger partial charge in [-0.15, -0.1) is 0 Å². The average molecular weight is 390 g/mol. The number of anilines is 3. The zero-order chi connectivity index (χ0) is 20.1. The number of methoxy groups -OCH3 is 1. The van der Waals surface area contributed by atoms with Crippen molar-refractivity contribution >= 4 is 23.4 Å². The summed E-state index contributed by atoms with van der Waals surface area (Å²) in [6.07, 6.45) is 3.26. The molecule has 8 nitrogen and oxygen atoms in total. The van der Waals surface area contributed by atoms with Crippen LogP contribution in [0.1, 0.15) is 10.4 Å². The Balaban J connectivity index is 1.39. The largest absolute Gasteiger partial charge is 0.497 e. The van der Waals surface area contributed by atoms with Crippen LogP contribution in [0.25, 0.3) is 0 Å². The van der Waals surface area contributed by atoms with Gasteiger partial charge >= 0.3 is 0 Å². The second kappa shape index (κ2) is 8.55. The van der Waals surface area contributed by atoms with Crippen molar-refractivity contribution in [2.75, 3.05) is 43.5 Å². The minimum absolute atomic E-state index is 0.0174. The van der Waals surface area contributed by atoms with Crippen molar-refractivity contribution < 1.29 is 9.53 Å². The molecule has 4 rings (SSSR count). The van der Waals surface area contributed by atoms with E-state index in [1.54, 1.807) is 19.4 Å². The number of nitrogens with zero attached hydrogens (tertiary/aromatic N) is 5. The molecule has 8 heteroatoms. The van der Waals surface area contributed by atoms with E-state index in [0.717, 1.165) is 11.6 Å². The third kappa shape index (κ3) is 4.43. The van der Waals surface area contributed by atoms with Gasteiger partial charge in [-0.2, -0.15) is 0 Å². The van der Waals surface area contributed by atoms with E-state index in [-0.39, 0.29) is 5.91 Å². The fourth-order valence-corrected chi connectivity index (χ4v) is 3.23. The number of carbonyl (C=O) groups is 1. The quantitative estimate of drug-likeness (QED) is 0.717. The first-order chi connectivity index (χ1) is 14.2. The molecule has 1 aromatic carbocycles. The van der Waals surface area contributed by atoms with Crippen molar-refractivity contribution in [3.63, 3.8) is 0 Å². The Hall–Kier alpha value is -3.68. The third-order valence-electron chi connectivity index (χ3n) is 4.78. The summed E-state index contributed by atoms with van der Waals surface area (Å²) in [6.45, 7) is 2.66. The highest BCUT2D eigenvalue weighted by molar-refractivity contribution is 5.94. The molecular formula is C21H22N6O2. The van der Waals surface area contributed by atoms with Crippen LogP contribution in [0.5, 0.6) is 5.75 Å². The van der Waals surface area contributed by atoms with Crippen LogP contribution in [0.3, 0.4) is 0 Å². The van der Waals surface area contributed by atoms with Crippen LogP contribution in [0.15, 0.2) is 61.1 Å². The van der Waals surface area contributed by atoms with E-state index in [0.29, 0.717) is 43.3 Å². The molecule has 0 aliphatic carbocycles. The number of piperazine rings is 1. The van der Waals surface area contributed by atoms with Gasteiger partial charge in [-0.05, 0) is 30.3 Å². The number of amides is 1. The standard InChI is InChI=1S/C21H22N6O2/c1-29-17-6-4-5-16(13-17)21(28)27-11-9-26(10-12-27)20-14-19(23-15-24-20)25-18-7-2-3-8-22-18/h2-8,13-15H,9-12H2,1H3,(H,22,23,24,25). The molecule has 3 aromatic rings. The van der Waals surface area contributed by atoms with Gasteiger partial charge in [-0.25, -0.2) is 15.0 Å². The average Bonchev–Trinajstić information content (AvgIpc) is 2.79. The van der Waals surface area contributed by atoms with Crippen molar-refractivity contribution in [3.05, 3.63) is 66.6 Å². The fraction of sp³-hybridized carbons (Fsp3) is 0.238. The van der Waals surface area contributed by atoms with Gasteiger partial charge in [0.05, 0.1) is 7.11 Å². The third-order valence-corrected chi connectivity index (χ3v) is 4.78. The lowest BCUT2D eigenvalue weighted by molar-refractivity contribution is 0.0746. The normalized spacial score (nSPS) is 13.8. The first-order valence-electron chi connectivity index (χ1n) is 9.41. The molecule has 1 N–H and O–H groups in total. The minimum atomic E-state index is 0.0174. The molecular weight excluding hydrogens is 368 g/mol. The number of hydrogen-bond donors (Lipinski definition) is 1. The number of benzene rings is 1. The molecule has 1 saturated heterocycles. The predicted octanol–water partition coefficient (Wildman–Crippen LogP) is 2.59. The number of aromatic nitrogens is 3. The molecule has 29 heavy (non-hydrogen) atoms. The van der Waals surface area contributed by atoms with Crippen molar-refractivity contribution in [1.29, 1.82) is 0 Å². The van der Waals surface area contributed by atoms with Gasteiger partial charge in [0.2, 0.25) is 0 Å². The Morgan fingerprint density at radius 2 is 1.83 bits per heavy atom. The van der Waals surface area contributed by atoms with Gasteiger partial charge < -0.3 is 19.9 Å². The molecule has 0 atom stereocenters.